The lowest BCUT2D eigenvalue weighted by atomic mass is 9.78. The highest BCUT2D eigenvalue weighted by atomic mass is 16.5. The molecule has 0 amide bonds. The molecule has 0 radical (unpaired) electrons. The summed E-state index contributed by atoms with van der Waals surface area (Å²) >= 11 is 0. The molecule has 0 spiro atoms. The summed E-state index contributed by atoms with van der Waals surface area (Å²) in [5.41, 5.74) is 10.5. The molecule has 0 bridgehead atoms. The number of rotatable bonds is 12. The molecule has 0 saturated carbocycles. The van der Waals surface area contributed by atoms with Crippen molar-refractivity contribution >= 4 is 0 Å². The Balaban J connectivity index is 0.00000771. The van der Waals surface area contributed by atoms with Crippen molar-refractivity contribution in [2.24, 2.45) is 0 Å². The van der Waals surface area contributed by atoms with E-state index in [-0.39, 0.29) is 40.6 Å². The molecule has 0 aliphatic heterocycles. The molecule has 0 aliphatic carbocycles. The van der Waals surface area contributed by atoms with Crippen molar-refractivity contribution in [1.29, 1.82) is 0 Å². The molecule has 64 heavy (non-hydrogen) atoms. The monoisotopic (exact) mass is 865 g/mol. The number of hydrogen-bond acceptors (Lipinski definition) is 6. The van der Waals surface area contributed by atoms with Crippen LogP contribution in [-0.2, 0) is 21.7 Å². The normalized spacial score (nSPS) is 12.1. The maximum atomic E-state index is 12.0. The van der Waals surface area contributed by atoms with Crippen LogP contribution in [0.4, 0.5) is 0 Å². The van der Waals surface area contributed by atoms with Gasteiger partial charge < -0.3 is 29.2 Å². The fourth-order valence-electron chi connectivity index (χ4n) is 7.65. The number of benzene rings is 6. The highest BCUT2D eigenvalue weighted by Gasteiger charge is 2.26. The Morgan fingerprint density at radius 3 is 0.984 bits per heavy atom. The van der Waals surface area contributed by atoms with Gasteiger partial charge in [-0.1, -0.05) is 163 Å². The third-order valence-corrected chi connectivity index (χ3v) is 11.7. The number of hydrogen-bond donors (Lipinski definition) is 2. The molecule has 0 aromatic heterocycles. The van der Waals surface area contributed by atoms with Gasteiger partial charge in [-0.05, 0) is 91.4 Å². The first-order valence-electron chi connectivity index (χ1n) is 22.1. The molecule has 0 fully saturated rings. The second-order valence-corrected chi connectivity index (χ2v) is 20.8. The second-order valence-electron chi connectivity index (χ2n) is 20.8. The lowest BCUT2D eigenvalue weighted by Crippen LogP contribution is -2.16. The van der Waals surface area contributed by atoms with Crippen molar-refractivity contribution in [2.45, 2.75) is 119 Å². The average molecular weight is 865 g/mol. The molecule has 6 aromatic carbocycles. The highest BCUT2D eigenvalue weighted by molar-refractivity contribution is 5.88. The number of phenols is 2. The van der Waals surface area contributed by atoms with E-state index in [0.29, 0.717) is 64.9 Å². The maximum absolute atomic E-state index is 12.0. The zero-order valence-electron chi connectivity index (χ0n) is 40.0. The van der Waals surface area contributed by atoms with E-state index in [1.807, 2.05) is 72.8 Å². The maximum Gasteiger partial charge on any atom is 0.131 e. The van der Waals surface area contributed by atoms with Crippen molar-refractivity contribution in [3.05, 3.63) is 131 Å². The van der Waals surface area contributed by atoms with Crippen molar-refractivity contribution < 1.29 is 29.2 Å². The smallest absolute Gasteiger partial charge is 0.131 e. The molecule has 340 valence electrons. The number of methoxy groups -OCH3 is 2. The zero-order valence-corrected chi connectivity index (χ0v) is 40.0. The lowest BCUT2D eigenvalue weighted by Gasteiger charge is -2.26. The zero-order chi connectivity index (χ0) is 46.1. The van der Waals surface area contributed by atoms with Gasteiger partial charge in [-0.15, -0.1) is 0 Å². The first kappa shape index (κ1) is 49.1. The third kappa shape index (κ3) is 11.1. The molecule has 0 heterocycles. The van der Waals surface area contributed by atoms with Gasteiger partial charge in [0.2, 0.25) is 0 Å². The Morgan fingerprint density at radius 1 is 0.391 bits per heavy atom. The van der Waals surface area contributed by atoms with Crippen molar-refractivity contribution in [1.82, 2.24) is 0 Å². The van der Waals surface area contributed by atoms with Crippen molar-refractivity contribution in [3.8, 4) is 79.0 Å². The molecule has 2 N–H and O–H groups in total. The molecule has 0 aliphatic rings. The summed E-state index contributed by atoms with van der Waals surface area (Å²) < 4.78 is 24.5. The van der Waals surface area contributed by atoms with Crippen LogP contribution in [-0.4, -0.2) is 37.6 Å². The number of ether oxygens (including phenoxy) is 4. The summed E-state index contributed by atoms with van der Waals surface area (Å²) in [5, 5.41) is 24.1. The van der Waals surface area contributed by atoms with Gasteiger partial charge in [-0.3, -0.25) is 0 Å². The Hall–Kier alpha value is -5.88. The predicted octanol–water partition coefficient (Wildman–Crippen LogP) is 15.5. The van der Waals surface area contributed by atoms with Gasteiger partial charge in [-0.2, -0.15) is 0 Å². The summed E-state index contributed by atoms with van der Waals surface area (Å²) in [7, 11) is 3.30. The van der Waals surface area contributed by atoms with Crippen molar-refractivity contribution in [3.63, 3.8) is 0 Å². The van der Waals surface area contributed by atoms with E-state index in [9.17, 15) is 10.2 Å². The first-order valence-corrected chi connectivity index (χ1v) is 22.1. The molecule has 6 aromatic rings. The molecule has 6 rings (SSSR count). The van der Waals surface area contributed by atoms with Gasteiger partial charge in [0, 0.05) is 39.8 Å². The van der Waals surface area contributed by atoms with Crippen LogP contribution in [0, 0.1) is 0 Å². The number of aromatic hydroxyl groups is 2. The van der Waals surface area contributed by atoms with Crippen LogP contribution in [0.1, 0.15) is 119 Å². The van der Waals surface area contributed by atoms with Crippen molar-refractivity contribution in [2.75, 3.05) is 27.4 Å². The molecule has 0 atom stereocenters. The average Bonchev–Trinajstić information content (AvgIpc) is 3.22. The Kier molecular flexibility index (Phi) is 14.6. The summed E-state index contributed by atoms with van der Waals surface area (Å²) in [5.74, 6) is 2.90. The number of para-hydroxylation sites is 2. The SMILES string of the molecule is C.COc1cc(-c2cc(C(C)(C)C)cc(C(C)(C)C)c2)c(O)c(-c2ccccc2OCCCOc2ccccc2-c2cc(OC)cc(-c3cc(C(C)(C)C)cc(C(C)(C)C)c3)c2O)c1. The van der Waals surface area contributed by atoms with E-state index in [4.69, 9.17) is 18.9 Å². The van der Waals surface area contributed by atoms with Gasteiger partial charge in [0.25, 0.3) is 0 Å². The van der Waals surface area contributed by atoms with Gasteiger partial charge >= 0.3 is 0 Å². The van der Waals surface area contributed by atoms with Crippen LogP contribution >= 0.6 is 0 Å². The van der Waals surface area contributed by atoms with E-state index >= 15 is 0 Å². The van der Waals surface area contributed by atoms with E-state index < -0.39 is 0 Å². The Labute approximate surface area is 384 Å². The van der Waals surface area contributed by atoms with Crippen LogP contribution in [0.3, 0.4) is 0 Å². The number of phenolic OH excluding ortho intramolecular Hbond substituents is 2. The molecular formula is C58H72O6. The van der Waals surface area contributed by atoms with E-state index in [1.54, 1.807) is 14.2 Å². The Bertz CT molecular complexity index is 2330. The minimum Gasteiger partial charge on any atom is -0.507 e. The molecule has 6 nitrogen and oxygen atoms in total. The molecule has 0 saturated heterocycles. The molecule has 0 unspecified atom stereocenters. The quantitative estimate of drug-likeness (QED) is 0.119. The van der Waals surface area contributed by atoms with Crippen LogP contribution in [0.2, 0.25) is 0 Å². The minimum atomic E-state index is -0.0875. The van der Waals surface area contributed by atoms with Crippen LogP contribution in [0.15, 0.2) is 109 Å². The van der Waals surface area contributed by atoms with Crippen LogP contribution < -0.4 is 18.9 Å². The van der Waals surface area contributed by atoms with E-state index in [0.717, 1.165) is 22.3 Å². The second kappa shape index (κ2) is 19.1. The topological polar surface area (TPSA) is 77.4 Å². The molecular weight excluding hydrogens is 793 g/mol. The van der Waals surface area contributed by atoms with Gasteiger partial charge in [0.1, 0.15) is 34.5 Å². The third-order valence-electron chi connectivity index (χ3n) is 11.7. The van der Waals surface area contributed by atoms with E-state index in [2.05, 4.69) is 119 Å². The van der Waals surface area contributed by atoms with Crippen LogP contribution in [0.25, 0.3) is 44.5 Å². The Morgan fingerprint density at radius 2 is 0.688 bits per heavy atom. The fourth-order valence-corrected chi connectivity index (χ4v) is 7.65. The first-order chi connectivity index (χ1) is 29.5. The summed E-state index contributed by atoms with van der Waals surface area (Å²) in [6.07, 6.45) is 0.581. The van der Waals surface area contributed by atoms with Gasteiger partial charge in [0.05, 0.1) is 27.4 Å². The standard InChI is InChI=1S/C57H68O6.CH4/c1-54(2,3)38-26-36(27-39(30-38)55(4,5)6)46-32-42(60-13)34-48(52(46)58)44-20-15-17-22-50(44)62-24-19-25-63-51-23-18-16-21-45(51)49-35-43(61-14)33-47(53(49)59)37-28-40(56(7,8)9)31-41(29-37)57(10,11)12;/h15-18,20-23,26-35,58-59H,19,24-25H2,1-14H3;1H4. The highest BCUT2D eigenvalue weighted by Crippen LogP contribution is 2.48. The van der Waals surface area contributed by atoms with Crippen LogP contribution in [0.5, 0.6) is 34.5 Å². The predicted molar refractivity (Wildman–Crippen MR) is 268 cm³/mol. The van der Waals surface area contributed by atoms with Gasteiger partial charge in [-0.25, -0.2) is 0 Å². The summed E-state index contributed by atoms with van der Waals surface area (Å²) in [6.45, 7) is 27.3. The lowest BCUT2D eigenvalue weighted by molar-refractivity contribution is 0.248. The fraction of sp³-hybridized carbons (Fsp3) is 0.379. The summed E-state index contributed by atoms with van der Waals surface area (Å²) in [4.78, 5) is 0. The van der Waals surface area contributed by atoms with Gasteiger partial charge in [0.15, 0.2) is 0 Å². The van der Waals surface area contributed by atoms with E-state index in [1.165, 1.54) is 22.3 Å². The largest absolute Gasteiger partial charge is 0.507 e. The minimum absolute atomic E-state index is 0. The summed E-state index contributed by atoms with van der Waals surface area (Å²) in [6, 6.07) is 36.4. The molecule has 6 heteroatoms.